The number of halogens is 1. The first-order valence-electron chi connectivity index (χ1n) is 5.90. The number of aliphatic hydroxyl groups excluding tert-OH is 1. The summed E-state index contributed by atoms with van der Waals surface area (Å²) in [6.45, 7) is 3.57. The maximum absolute atomic E-state index is 10.1. The van der Waals surface area contributed by atoms with E-state index in [2.05, 4.69) is 0 Å². The second-order valence-electron chi connectivity index (χ2n) is 3.95. The molecule has 4 heteroatoms. The first-order chi connectivity index (χ1) is 8.19. The topological polar surface area (TPSA) is 55.5 Å². The van der Waals surface area contributed by atoms with Crippen molar-refractivity contribution in [2.24, 2.45) is 5.73 Å². The number of aliphatic hydroxyl groups is 1. The number of hydrogen-bond donors (Lipinski definition) is 2. The largest absolute Gasteiger partial charge is 0.392 e. The summed E-state index contributed by atoms with van der Waals surface area (Å²) in [7, 11) is 0. The van der Waals surface area contributed by atoms with Crippen LogP contribution in [0.5, 0.6) is 0 Å². The van der Waals surface area contributed by atoms with Crippen molar-refractivity contribution in [1.29, 1.82) is 0 Å². The molecule has 0 aliphatic heterocycles. The molecular formula is C13H20ClNO2. The molecule has 2 atom stereocenters. The van der Waals surface area contributed by atoms with Crippen LogP contribution in [-0.2, 0) is 4.74 Å². The minimum absolute atomic E-state index is 0.0623. The predicted octanol–water partition coefficient (Wildman–Crippen LogP) is 2.17. The fraction of sp³-hybridized carbons (Fsp3) is 0.538. The normalized spacial score (nSPS) is 14.6. The van der Waals surface area contributed by atoms with Crippen molar-refractivity contribution < 1.29 is 9.84 Å². The van der Waals surface area contributed by atoms with E-state index in [1.54, 1.807) is 0 Å². The lowest BCUT2D eigenvalue weighted by Gasteiger charge is -2.21. The molecule has 0 aromatic heterocycles. The number of nitrogens with two attached hydrogens (primary N) is 1. The third-order valence-corrected chi connectivity index (χ3v) is 3.03. The molecular weight excluding hydrogens is 238 g/mol. The molecule has 1 aromatic rings. The van der Waals surface area contributed by atoms with Gasteiger partial charge in [-0.2, -0.15) is 0 Å². The lowest BCUT2D eigenvalue weighted by molar-refractivity contribution is 0.0752. The summed E-state index contributed by atoms with van der Waals surface area (Å²) in [4.78, 5) is 0. The van der Waals surface area contributed by atoms with Crippen molar-refractivity contribution >= 4 is 11.6 Å². The van der Waals surface area contributed by atoms with E-state index in [0.717, 1.165) is 5.56 Å². The summed E-state index contributed by atoms with van der Waals surface area (Å²) in [6, 6.07) is 7.44. The van der Waals surface area contributed by atoms with Gasteiger partial charge in [0.15, 0.2) is 0 Å². The van der Waals surface area contributed by atoms with Gasteiger partial charge in [-0.3, -0.25) is 0 Å². The lowest BCUT2D eigenvalue weighted by atomic mass is 9.92. The van der Waals surface area contributed by atoms with Crippen LogP contribution < -0.4 is 5.73 Å². The van der Waals surface area contributed by atoms with E-state index < -0.39 is 6.10 Å². The highest BCUT2D eigenvalue weighted by Crippen LogP contribution is 2.22. The minimum Gasteiger partial charge on any atom is -0.392 e. The van der Waals surface area contributed by atoms with Gasteiger partial charge in [0.2, 0.25) is 0 Å². The third kappa shape index (κ3) is 4.64. The Morgan fingerprint density at radius 1 is 1.35 bits per heavy atom. The van der Waals surface area contributed by atoms with Crippen LogP contribution in [-0.4, -0.2) is 31.0 Å². The number of benzene rings is 1. The van der Waals surface area contributed by atoms with Gasteiger partial charge in [0.1, 0.15) is 0 Å². The van der Waals surface area contributed by atoms with Gasteiger partial charge >= 0.3 is 0 Å². The van der Waals surface area contributed by atoms with Crippen LogP contribution >= 0.6 is 11.6 Å². The summed E-state index contributed by atoms with van der Waals surface area (Å²) < 4.78 is 5.23. The highest BCUT2D eigenvalue weighted by molar-refractivity contribution is 6.30. The zero-order valence-corrected chi connectivity index (χ0v) is 10.9. The predicted molar refractivity (Wildman–Crippen MR) is 70.4 cm³/mol. The molecule has 0 heterocycles. The second kappa shape index (κ2) is 7.67. The van der Waals surface area contributed by atoms with Gasteiger partial charge in [0.05, 0.1) is 6.10 Å². The smallest absolute Gasteiger partial charge is 0.0642 e. The third-order valence-electron chi connectivity index (χ3n) is 2.78. The Labute approximate surface area is 108 Å². The maximum atomic E-state index is 10.1. The molecule has 17 heavy (non-hydrogen) atoms. The van der Waals surface area contributed by atoms with Gasteiger partial charge in [0.25, 0.3) is 0 Å². The van der Waals surface area contributed by atoms with Gasteiger partial charge in [-0.05, 0) is 31.0 Å². The Morgan fingerprint density at radius 3 is 2.53 bits per heavy atom. The molecule has 0 spiro atoms. The van der Waals surface area contributed by atoms with Crippen molar-refractivity contribution in [3.8, 4) is 0 Å². The first kappa shape index (κ1) is 14.5. The van der Waals surface area contributed by atoms with Crippen molar-refractivity contribution in [2.45, 2.75) is 25.4 Å². The number of hydrogen-bond acceptors (Lipinski definition) is 3. The highest BCUT2D eigenvalue weighted by atomic mass is 35.5. The summed E-state index contributed by atoms with van der Waals surface area (Å²) >= 11 is 5.83. The Bertz CT molecular complexity index is 316. The van der Waals surface area contributed by atoms with E-state index >= 15 is 0 Å². The molecule has 0 fully saturated rings. The SMILES string of the molecule is CCOCCC(O)C(CN)c1ccc(Cl)cc1. The van der Waals surface area contributed by atoms with Gasteiger partial charge < -0.3 is 15.6 Å². The Kier molecular flexibility index (Phi) is 6.52. The molecule has 0 aliphatic carbocycles. The second-order valence-corrected chi connectivity index (χ2v) is 4.38. The summed E-state index contributed by atoms with van der Waals surface area (Å²) in [5, 5.41) is 10.8. The molecule has 1 aromatic carbocycles. The zero-order chi connectivity index (χ0) is 12.7. The van der Waals surface area contributed by atoms with Crippen LogP contribution in [0.3, 0.4) is 0 Å². The van der Waals surface area contributed by atoms with Gasteiger partial charge in [-0.15, -0.1) is 0 Å². The summed E-state index contributed by atoms with van der Waals surface area (Å²) in [5.41, 5.74) is 6.73. The molecule has 0 saturated carbocycles. The molecule has 0 radical (unpaired) electrons. The van der Waals surface area contributed by atoms with E-state index in [9.17, 15) is 5.11 Å². The van der Waals surface area contributed by atoms with Crippen LogP contribution in [0.15, 0.2) is 24.3 Å². The van der Waals surface area contributed by atoms with Crippen LogP contribution in [0.25, 0.3) is 0 Å². The maximum Gasteiger partial charge on any atom is 0.0642 e. The zero-order valence-electron chi connectivity index (χ0n) is 10.1. The van der Waals surface area contributed by atoms with E-state index in [0.29, 0.717) is 31.2 Å². The van der Waals surface area contributed by atoms with Crippen molar-refractivity contribution in [3.05, 3.63) is 34.9 Å². The first-order valence-corrected chi connectivity index (χ1v) is 6.28. The molecule has 3 N–H and O–H groups in total. The van der Waals surface area contributed by atoms with E-state index in [1.165, 1.54) is 0 Å². The van der Waals surface area contributed by atoms with Crippen LogP contribution in [0.4, 0.5) is 0 Å². The lowest BCUT2D eigenvalue weighted by Crippen LogP contribution is -2.27. The Morgan fingerprint density at radius 2 is 2.00 bits per heavy atom. The van der Waals surface area contributed by atoms with Gasteiger partial charge in [0, 0.05) is 30.7 Å². The monoisotopic (exact) mass is 257 g/mol. The molecule has 96 valence electrons. The summed E-state index contributed by atoms with van der Waals surface area (Å²) in [6.07, 6.45) is 0.117. The average Bonchev–Trinajstić information content (AvgIpc) is 2.33. The van der Waals surface area contributed by atoms with E-state index in [1.807, 2.05) is 31.2 Å². The summed E-state index contributed by atoms with van der Waals surface area (Å²) in [5.74, 6) is -0.0623. The molecule has 0 saturated heterocycles. The molecule has 0 aliphatic rings. The van der Waals surface area contributed by atoms with E-state index in [4.69, 9.17) is 22.1 Å². The minimum atomic E-state index is -0.479. The van der Waals surface area contributed by atoms with Gasteiger partial charge in [-0.25, -0.2) is 0 Å². The fourth-order valence-electron chi connectivity index (χ4n) is 1.77. The molecule has 3 nitrogen and oxygen atoms in total. The van der Waals surface area contributed by atoms with E-state index in [-0.39, 0.29) is 5.92 Å². The van der Waals surface area contributed by atoms with Crippen molar-refractivity contribution in [1.82, 2.24) is 0 Å². The van der Waals surface area contributed by atoms with Gasteiger partial charge in [-0.1, -0.05) is 23.7 Å². The highest BCUT2D eigenvalue weighted by Gasteiger charge is 2.19. The standard InChI is InChI=1S/C13H20ClNO2/c1-2-17-8-7-13(16)12(9-15)10-3-5-11(14)6-4-10/h3-6,12-13,16H,2,7-9,15H2,1H3. The van der Waals surface area contributed by atoms with Crippen LogP contribution in [0, 0.1) is 0 Å². The Balaban J connectivity index is 2.60. The fourth-order valence-corrected chi connectivity index (χ4v) is 1.90. The van der Waals surface area contributed by atoms with Crippen molar-refractivity contribution in [2.75, 3.05) is 19.8 Å². The molecule has 1 rings (SSSR count). The molecule has 0 bridgehead atoms. The quantitative estimate of drug-likeness (QED) is 0.736. The average molecular weight is 258 g/mol. The van der Waals surface area contributed by atoms with Crippen LogP contribution in [0.1, 0.15) is 24.8 Å². The van der Waals surface area contributed by atoms with Crippen molar-refractivity contribution in [3.63, 3.8) is 0 Å². The van der Waals surface area contributed by atoms with Crippen LogP contribution in [0.2, 0.25) is 5.02 Å². The molecule has 2 unspecified atom stereocenters. The Hall–Kier alpha value is -0.610. The number of rotatable bonds is 7. The molecule has 0 amide bonds. The number of ether oxygens (including phenoxy) is 1.